The molecule has 174 valence electrons. The molecule has 0 N–H and O–H groups in total. The van der Waals surface area contributed by atoms with Gasteiger partial charge in [-0.25, -0.2) is 0 Å². The molecule has 0 unspecified atom stereocenters. The molecule has 6 aromatic rings. The van der Waals surface area contributed by atoms with Gasteiger partial charge in [-0.2, -0.15) is 0 Å². The number of para-hydroxylation sites is 1. The largest absolute Gasteiger partial charge is 0.455 e. The van der Waals surface area contributed by atoms with Crippen LogP contribution in [0.4, 0.5) is 0 Å². The topological polar surface area (TPSA) is 26.0 Å². The van der Waals surface area contributed by atoms with E-state index in [2.05, 4.69) is 108 Å². The van der Waals surface area contributed by atoms with Gasteiger partial charge in [-0.1, -0.05) is 51.1 Å². The molecule has 0 atom stereocenters. The number of furan rings is 1. The number of nitrogens with zero attached hydrogens (tertiary/aromatic N) is 1. The Morgan fingerprint density at radius 3 is 2.29 bits per heavy atom. The Morgan fingerprint density at radius 1 is 0.800 bits per heavy atom. The highest BCUT2D eigenvalue weighted by atomic mass is 32.1. The number of pyridine rings is 1. The third-order valence-electron chi connectivity index (χ3n) is 7.00. The first-order valence-corrected chi connectivity index (χ1v) is 13.0. The molecule has 0 saturated heterocycles. The molecule has 0 aliphatic rings. The lowest BCUT2D eigenvalue weighted by molar-refractivity contribution is 0.591. The van der Waals surface area contributed by atoms with Crippen LogP contribution in [0.5, 0.6) is 0 Å². The lowest BCUT2D eigenvalue weighted by atomic mass is 9.80. The smallest absolute Gasteiger partial charge is 0.144 e. The zero-order valence-corrected chi connectivity index (χ0v) is 21.9. The van der Waals surface area contributed by atoms with Gasteiger partial charge in [0, 0.05) is 37.7 Å². The van der Waals surface area contributed by atoms with Gasteiger partial charge in [-0.3, -0.25) is 4.98 Å². The van der Waals surface area contributed by atoms with E-state index in [-0.39, 0.29) is 5.41 Å². The molecule has 3 aromatic carbocycles. The predicted octanol–water partition coefficient (Wildman–Crippen LogP) is 9.75. The van der Waals surface area contributed by atoms with Gasteiger partial charge in [-0.15, -0.1) is 11.3 Å². The summed E-state index contributed by atoms with van der Waals surface area (Å²) in [5, 5.41) is 3.55. The van der Waals surface area contributed by atoms with Crippen molar-refractivity contribution in [1.82, 2.24) is 4.98 Å². The minimum Gasteiger partial charge on any atom is -0.455 e. The van der Waals surface area contributed by atoms with Gasteiger partial charge in [0.2, 0.25) is 0 Å². The van der Waals surface area contributed by atoms with Gasteiger partial charge < -0.3 is 4.42 Å². The van der Waals surface area contributed by atoms with Crippen LogP contribution in [0.15, 0.2) is 71.3 Å². The van der Waals surface area contributed by atoms with E-state index in [1.54, 1.807) is 0 Å². The van der Waals surface area contributed by atoms with E-state index in [0.29, 0.717) is 0 Å². The molecule has 0 aliphatic carbocycles. The predicted molar refractivity (Wildman–Crippen MR) is 151 cm³/mol. The van der Waals surface area contributed by atoms with Crippen molar-refractivity contribution < 1.29 is 4.42 Å². The average molecular weight is 476 g/mol. The molecule has 0 spiro atoms. The van der Waals surface area contributed by atoms with Crippen molar-refractivity contribution in [3.8, 4) is 22.4 Å². The van der Waals surface area contributed by atoms with Crippen molar-refractivity contribution in [2.45, 2.75) is 47.0 Å². The van der Waals surface area contributed by atoms with Crippen LogP contribution in [-0.2, 0) is 5.41 Å². The fraction of sp³-hybridized carbons (Fsp3) is 0.219. The van der Waals surface area contributed by atoms with Gasteiger partial charge in [0.15, 0.2) is 0 Å². The molecule has 0 amide bonds. The first kappa shape index (κ1) is 22.1. The molecular formula is C32H29NOS. The Labute approximate surface area is 210 Å². The molecule has 0 radical (unpaired) electrons. The SMILES string of the molecule is Cc1cc2cc3oc4c(-c5cc(C(C)(C)C)c(-c6c(C)cccc6C)cn5)cccc4c3cc2s1. The number of aryl methyl sites for hydroxylation is 3. The molecule has 6 rings (SSSR count). The molecule has 0 fully saturated rings. The monoisotopic (exact) mass is 475 g/mol. The number of aromatic nitrogens is 1. The van der Waals surface area contributed by atoms with Crippen molar-refractivity contribution in [3.63, 3.8) is 0 Å². The third kappa shape index (κ3) is 3.57. The van der Waals surface area contributed by atoms with Crippen molar-refractivity contribution in [2.24, 2.45) is 0 Å². The standard InChI is InChI=1S/C32H29NOS/c1-18-9-7-10-19(2)30(18)25-17-33-27(16-26(25)32(4,5)6)23-12-8-11-22-24-15-29-21(13-20(3)35-29)14-28(24)34-31(22)23/h7-17H,1-6H3. The summed E-state index contributed by atoms with van der Waals surface area (Å²) < 4.78 is 7.80. The van der Waals surface area contributed by atoms with Crippen LogP contribution in [-0.4, -0.2) is 4.98 Å². The fourth-order valence-electron chi connectivity index (χ4n) is 5.33. The quantitative estimate of drug-likeness (QED) is 0.249. The normalized spacial score (nSPS) is 12.3. The van der Waals surface area contributed by atoms with Gasteiger partial charge in [0.1, 0.15) is 11.2 Å². The number of hydrogen-bond donors (Lipinski definition) is 0. The zero-order valence-electron chi connectivity index (χ0n) is 21.1. The van der Waals surface area contributed by atoms with E-state index in [4.69, 9.17) is 9.40 Å². The third-order valence-corrected chi connectivity index (χ3v) is 8.01. The average Bonchev–Trinajstić information content (AvgIpc) is 3.35. The van der Waals surface area contributed by atoms with Crippen LogP contribution >= 0.6 is 11.3 Å². The Bertz CT molecular complexity index is 1740. The zero-order chi connectivity index (χ0) is 24.5. The fourth-order valence-corrected chi connectivity index (χ4v) is 6.27. The van der Waals surface area contributed by atoms with Crippen LogP contribution in [0, 0.1) is 20.8 Å². The highest BCUT2D eigenvalue weighted by molar-refractivity contribution is 7.19. The van der Waals surface area contributed by atoms with E-state index in [0.717, 1.165) is 27.8 Å². The van der Waals surface area contributed by atoms with E-state index in [1.807, 2.05) is 11.3 Å². The van der Waals surface area contributed by atoms with Crippen molar-refractivity contribution in [1.29, 1.82) is 0 Å². The Hall–Kier alpha value is -3.43. The van der Waals surface area contributed by atoms with Gasteiger partial charge in [-0.05, 0) is 84.2 Å². The highest BCUT2D eigenvalue weighted by Crippen LogP contribution is 2.41. The van der Waals surface area contributed by atoms with Crippen LogP contribution < -0.4 is 0 Å². The minimum absolute atomic E-state index is 0.0360. The Balaban J connectivity index is 1.59. The molecule has 0 saturated carbocycles. The lowest BCUT2D eigenvalue weighted by Crippen LogP contribution is -2.14. The second kappa shape index (κ2) is 7.79. The van der Waals surface area contributed by atoms with Crippen LogP contribution in [0.25, 0.3) is 54.4 Å². The summed E-state index contributed by atoms with van der Waals surface area (Å²) in [6, 6.07) is 21.9. The summed E-state index contributed by atoms with van der Waals surface area (Å²) in [6.07, 6.45) is 2.06. The van der Waals surface area contributed by atoms with Gasteiger partial charge >= 0.3 is 0 Å². The summed E-state index contributed by atoms with van der Waals surface area (Å²) >= 11 is 1.83. The molecule has 0 aliphatic heterocycles. The van der Waals surface area contributed by atoms with Crippen molar-refractivity contribution >= 4 is 43.4 Å². The molecular weight excluding hydrogens is 446 g/mol. The number of fused-ring (bicyclic) bond motifs is 4. The number of benzene rings is 3. The minimum atomic E-state index is -0.0360. The summed E-state index contributed by atoms with van der Waals surface area (Å²) in [5.41, 5.74) is 10.1. The first-order chi connectivity index (χ1) is 16.7. The number of thiophene rings is 1. The van der Waals surface area contributed by atoms with E-state index in [1.165, 1.54) is 48.2 Å². The van der Waals surface area contributed by atoms with Crippen LogP contribution in [0.2, 0.25) is 0 Å². The van der Waals surface area contributed by atoms with Crippen molar-refractivity contribution in [2.75, 3.05) is 0 Å². The number of hydrogen-bond acceptors (Lipinski definition) is 3. The highest BCUT2D eigenvalue weighted by Gasteiger charge is 2.23. The maximum Gasteiger partial charge on any atom is 0.144 e. The Morgan fingerprint density at radius 2 is 1.54 bits per heavy atom. The first-order valence-electron chi connectivity index (χ1n) is 12.1. The van der Waals surface area contributed by atoms with Crippen LogP contribution in [0.3, 0.4) is 0 Å². The molecule has 35 heavy (non-hydrogen) atoms. The molecule has 3 heteroatoms. The summed E-state index contributed by atoms with van der Waals surface area (Å²) in [5.74, 6) is 0. The second-order valence-electron chi connectivity index (χ2n) is 10.7. The van der Waals surface area contributed by atoms with Gasteiger partial charge in [0.05, 0.1) is 5.69 Å². The molecule has 3 aromatic heterocycles. The summed E-state index contributed by atoms with van der Waals surface area (Å²) in [7, 11) is 0. The lowest BCUT2D eigenvalue weighted by Gasteiger charge is -2.25. The summed E-state index contributed by atoms with van der Waals surface area (Å²) in [4.78, 5) is 6.32. The molecule has 3 heterocycles. The number of rotatable bonds is 2. The maximum absolute atomic E-state index is 6.50. The van der Waals surface area contributed by atoms with E-state index < -0.39 is 0 Å². The Kier molecular flexibility index (Phi) is 4.91. The van der Waals surface area contributed by atoms with Crippen LogP contribution in [0.1, 0.15) is 42.3 Å². The van der Waals surface area contributed by atoms with E-state index >= 15 is 0 Å². The second-order valence-corrected chi connectivity index (χ2v) is 11.9. The maximum atomic E-state index is 6.50. The van der Waals surface area contributed by atoms with Gasteiger partial charge in [0.25, 0.3) is 0 Å². The van der Waals surface area contributed by atoms with Crippen molar-refractivity contribution in [3.05, 3.63) is 88.4 Å². The van der Waals surface area contributed by atoms with E-state index in [9.17, 15) is 0 Å². The molecule has 0 bridgehead atoms. The molecule has 2 nitrogen and oxygen atoms in total. The summed E-state index contributed by atoms with van der Waals surface area (Å²) in [6.45, 7) is 13.4.